The predicted molar refractivity (Wildman–Crippen MR) is 191 cm³/mol. The number of hydrogen-bond donors (Lipinski definition) is 1. The van der Waals surface area contributed by atoms with Crippen LogP contribution in [0, 0.1) is 12.8 Å². The van der Waals surface area contributed by atoms with Crippen LogP contribution in [0.1, 0.15) is 101 Å². The molecule has 0 spiro atoms. The Labute approximate surface area is 292 Å². The number of aromatic nitrogens is 1. The van der Waals surface area contributed by atoms with Gasteiger partial charge in [0.05, 0.1) is 17.5 Å². The number of anilines is 1. The summed E-state index contributed by atoms with van der Waals surface area (Å²) in [6.07, 6.45) is 2.82. The van der Waals surface area contributed by atoms with Gasteiger partial charge in [0.2, 0.25) is 0 Å². The quantitative estimate of drug-likeness (QED) is 0.209. The normalized spacial score (nSPS) is 16.1. The van der Waals surface area contributed by atoms with Crippen molar-refractivity contribution in [3.8, 4) is 0 Å². The average Bonchev–Trinajstić information content (AvgIpc) is 2.95. The molecule has 47 heavy (non-hydrogen) atoms. The summed E-state index contributed by atoms with van der Waals surface area (Å²) < 4.78 is 12.0. The number of benzene rings is 2. The number of carbonyl (C=O) groups excluding carboxylic acids is 3. The Kier molecular flexibility index (Phi) is 12.0. The van der Waals surface area contributed by atoms with Gasteiger partial charge in [0.15, 0.2) is 0 Å². The van der Waals surface area contributed by atoms with Crippen molar-refractivity contribution in [1.29, 1.82) is 0 Å². The molecule has 8 nitrogen and oxygen atoms in total. The van der Waals surface area contributed by atoms with Crippen LogP contribution in [-0.4, -0.2) is 53.7 Å². The number of rotatable bonds is 10. The Hall–Kier alpha value is -3.17. The molecule has 1 N–H and O–H groups in total. The summed E-state index contributed by atoms with van der Waals surface area (Å²) in [6.45, 7) is 14.8. The first-order chi connectivity index (χ1) is 22.0. The van der Waals surface area contributed by atoms with Gasteiger partial charge in [-0.1, -0.05) is 45.7 Å². The summed E-state index contributed by atoms with van der Waals surface area (Å²) in [5.41, 5.74) is 1.78. The molecule has 2 unspecified atom stereocenters. The van der Waals surface area contributed by atoms with Gasteiger partial charge < -0.3 is 19.7 Å². The Balaban J connectivity index is 1.60. The fourth-order valence-electron chi connectivity index (χ4n) is 6.12. The van der Waals surface area contributed by atoms with Gasteiger partial charge in [0.1, 0.15) is 17.0 Å². The second kappa shape index (κ2) is 15.4. The summed E-state index contributed by atoms with van der Waals surface area (Å²) in [6, 6.07) is 13.3. The lowest BCUT2D eigenvalue weighted by atomic mass is 9.93. The number of amides is 1. The van der Waals surface area contributed by atoms with E-state index >= 15 is 0 Å². The summed E-state index contributed by atoms with van der Waals surface area (Å²) in [5, 5.41) is 4.48. The van der Waals surface area contributed by atoms with Crippen molar-refractivity contribution < 1.29 is 23.9 Å². The standard InChI is InChI=1S/C37H47BrClN3O5/c1-23-33(35(45)40-21-25(27-12-8-9-13-29(27)39)14-17-31(43)46-36(2,3)4)28-20-26(38)15-16-30(28)41-34(23)42-18-10-11-24(22-42)19-32(44)47-37(5,6)7/h8-9,12-13,15-16,20,24-25H,10-11,14,17-19,21-22H2,1-7H3,(H,40,45). The number of ether oxygens (including phenoxy) is 2. The van der Waals surface area contributed by atoms with E-state index in [2.05, 4.69) is 26.1 Å². The van der Waals surface area contributed by atoms with Crippen molar-refractivity contribution >= 4 is 62.1 Å². The molecule has 1 fully saturated rings. The number of piperidine rings is 1. The zero-order chi connectivity index (χ0) is 34.5. The molecule has 2 aromatic carbocycles. The van der Waals surface area contributed by atoms with Crippen LogP contribution in [-0.2, 0) is 19.1 Å². The molecule has 3 aromatic rings. The maximum Gasteiger partial charge on any atom is 0.306 e. The minimum Gasteiger partial charge on any atom is -0.460 e. The van der Waals surface area contributed by atoms with Crippen LogP contribution in [0.25, 0.3) is 10.9 Å². The number of pyridine rings is 1. The lowest BCUT2D eigenvalue weighted by Crippen LogP contribution is -2.38. The van der Waals surface area contributed by atoms with E-state index in [1.807, 2.05) is 90.9 Å². The Morgan fingerprint density at radius 1 is 1.04 bits per heavy atom. The maximum atomic E-state index is 14.2. The second-order valence-electron chi connectivity index (χ2n) is 14.4. The average molecular weight is 729 g/mol. The first-order valence-electron chi connectivity index (χ1n) is 16.3. The van der Waals surface area contributed by atoms with E-state index in [1.165, 1.54) is 0 Å². The van der Waals surface area contributed by atoms with Crippen LogP contribution in [0.5, 0.6) is 0 Å². The highest BCUT2D eigenvalue weighted by atomic mass is 79.9. The number of halogens is 2. The highest BCUT2D eigenvalue weighted by Crippen LogP contribution is 2.34. The largest absolute Gasteiger partial charge is 0.460 e. The molecule has 0 bridgehead atoms. The Bertz CT molecular complexity index is 1610. The molecule has 254 valence electrons. The van der Waals surface area contributed by atoms with Gasteiger partial charge >= 0.3 is 11.9 Å². The third kappa shape index (κ3) is 10.4. The van der Waals surface area contributed by atoms with E-state index in [-0.39, 0.29) is 42.6 Å². The third-order valence-corrected chi connectivity index (χ3v) is 8.89. The van der Waals surface area contributed by atoms with Crippen molar-refractivity contribution in [2.45, 2.75) is 97.7 Å². The molecule has 1 aliphatic heterocycles. The lowest BCUT2D eigenvalue weighted by molar-refractivity contribution is -0.156. The van der Waals surface area contributed by atoms with Gasteiger partial charge in [-0.05, 0) is 103 Å². The molecule has 1 aromatic heterocycles. The number of carbonyl (C=O) groups is 3. The van der Waals surface area contributed by atoms with Gasteiger partial charge in [-0.15, -0.1) is 0 Å². The lowest BCUT2D eigenvalue weighted by Gasteiger charge is -2.35. The number of nitrogens with zero attached hydrogens (tertiary/aromatic N) is 2. The molecule has 0 aliphatic carbocycles. The molecule has 0 saturated carbocycles. The SMILES string of the molecule is Cc1c(N2CCCC(CC(=O)OC(C)(C)C)C2)nc2ccc(Br)cc2c1C(=O)NCC(CCC(=O)OC(C)(C)C)c1ccccc1Cl. The fourth-order valence-corrected chi connectivity index (χ4v) is 6.77. The first-order valence-corrected chi connectivity index (χ1v) is 17.5. The fraction of sp³-hybridized carbons (Fsp3) is 0.514. The van der Waals surface area contributed by atoms with E-state index < -0.39 is 11.2 Å². The molecule has 2 atom stereocenters. The Morgan fingerprint density at radius 3 is 2.40 bits per heavy atom. The van der Waals surface area contributed by atoms with E-state index in [1.54, 1.807) is 0 Å². The molecule has 2 heterocycles. The zero-order valence-corrected chi connectivity index (χ0v) is 30.9. The molecule has 1 aliphatic rings. The van der Waals surface area contributed by atoms with E-state index in [4.69, 9.17) is 26.1 Å². The van der Waals surface area contributed by atoms with Gasteiger partial charge in [-0.3, -0.25) is 14.4 Å². The van der Waals surface area contributed by atoms with Crippen molar-refractivity contribution in [2.24, 2.45) is 5.92 Å². The highest BCUT2D eigenvalue weighted by molar-refractivity contribution is 9.10. The third-order valence-electron chi connectivity index (χ3n) is 8.06. The zero-order valence-electron chi connectivity index (χ0n) is 28.5. The predicted octanol–water partition coefficient (Wildman–Crippen LogP) is 8.54. The highest BCUT2D eigenvalue weighted by Gasteiger charge is 2.29. The van der Waals surface area contributed by atoms with Crippen LogP contribution in [0.4, 0.5) is 5.82 Å². The van der Waals surface area contributed by atoms with Crippen molar-refractivity contribution in [1.82, 2.24) is 10.3 Å². The first kappa shape index (κ1) is 36.7. The molecule has 1 amide bonds. The van der Waals surface area contributed by atoms with Gasteiger partial charge in [0.25, 0.3) is 5.91 Å². The van der Waals surface area contributed by atoms with Crippen molar-refractivity contribution in [3.63, 3.8) is 0 Å². The van der Waals surface area contributed by atoms with Gasteiger partial charge in [-0.2, -0.15) is 0 Å². The van der Waals surface area contributed by atoms with Crippen LogP contribution < -0.4 is 10.2 Å². The van der Waals surface area contributed by atoms with Gasteiger partial charge in [0, 0.05) is 52.4 Å². The molecular weight excluding hydrogens is 682 g/mol. The Morgan fingerprint density at radius 2 is 1.72 bits per heavy atom. The molecular formula is C37H47BrClN3O5. The van der Waals surface area contributed by atoms with E-state index in [9.17, 15) is 14.4 Å². The van der Waals surface area contributed by atoms with Crippen LogP contribution in [0.3, 0.4) is 0 Å². The summed E-state index contributed by atoms with van der Waals surface area (Å²) >= 11 is 10.2. The number of nitrogens with one attached hydrogen (secondary N) is 1. The minimum atomic E-state index is -0.582. The van der Waals surface area contributed by atoms with Gasteiger partial charge in [-0.25, -0.2) is 4.98 Å². The van der Waals surface area contributed by atoms with Crippen LogP contribution >= 0.6 is 27.5 Å². The van der Waals surface area contributed by atoms with Crippen molar-refractivity contribution in [2.75, 3.05) is 24.5 Å². The monoisotopic (exact) mass is 727 g/mol. The smallest absolute Gasteiger partial charge is 0.306 e. The molecule has 0 radical (unpaired) electrons. The van der Waals surface area contributed by atoms with Crippen LogP contribution in [0.2, 0.25) is 5.02 Å². The minimum absolute atomic E-state index is 0.124. The number of fused-ring (bicyclic) bond motifs is 1. The summed E-state index contributed by atoms with van der Waals surface area (Å²) in [5.74, 6) is -0.0677. The molecule has 10 heteroatoms. The molecule has 4 rings (SSSR count). The number of esters is 2. The maximum absolute atomic E-state index is 14.2. The number of hydrogen-bond acceptors (Lipinski definition) is 7. The molecule has 1 saturated heterocycles. The summed E-state index contributed by atoms with van der Waals surface area (Å²) in [4.78, 5) is 46.6. The van der Waals surface area contributed by atoms with Crippen molar-refractivity contribution in [3.05, 3.63) is 68.7 Å². The second-order valence-corrected chi connectivity index (χ2v) is 15.7. The van der Waals surface area contributed by atoms with E-state index in [0.717, 1.165) is 46.2 Å². The van der Waals surface area contributed by atoms with Crippen LogP contribution in [0.15, 0.2) is 46.9 Å². The van der Waals surface area contributed by atoms with E-state index in [0.29, 0.717) is 35.5 Å². The summed E-state index contributed by atoms with van der Waals surface area (Å²) in [7, 11) is 0. The topological polar surface area (TPSA) is 97.8 Å².